The highest BCUT2D eigenvalue weighted by Gasteiger charge is 2.46. The first-order valence-electron chi connectivity index (χ1n) is 6.41. The first-order chi connectivity index (χ1) is 10.2. The van der Waals surface area contributed by atoms with E-state index in [-0.39, 0.29) is 16.3 Å². The van der Waals surface area contributed by atoms with Gasteiger partial charge in [0.15, 0.2) is 0 Å². The number of nitriles is 1. The van der Waals surface area contributed by atoms with Gasteiger partial charge in [-0.3, -0.25) is 4.90 Å². The lowest BCUT2D eigenvalue weighted by atomic mass is 10.0. The number of benzene rings is 1. The van der Waals surface area contributed by atoms with E-state index in [9.17, 15) is 18.0 Å². The molecule has 1 aliphatic rings. The van der Waals surface area contributed by atoms with Crippen LogP contribution >= 0.6 is 11.6 Å². The molecule has 0 saturated carbocycles. The number of carbonyl (C=O) groups excluding carboxylic acids is 1. The number of hydrogen-bond donors (Lipinski definition) is 0. The molecule has 1 fully saturated rings. The zero-order valence-corrected chi connectivity index (χ0v) is 12.5. The van der Waals surface area contributed by atoms with Crippen LogP contribution in [0, 0.1) is 18.3 Å². The number of ether oxygens (including phenoxy) is 1. The number of halogens is 4. The van der Waals surface area contributed by atoms with Crippen molar-refractivity contribution in [3.8, 4) is 6.07 Å². The number of hydrogen-bond acceptors (Lipinski definition) is 3. The van der Waals surface area contributed by atoms with Gasteiger partial charge in [-0.25, -0.2) is 4.79 Å². The fraction of sp³-hybridized carbons (Fsp3) is 0.429. The standard InChI is InChI=1S/C14H12ClF3N2O2/c1-7-10(4-3-9(6-19)12(7)15)20-11(5-14(16,17)18)8(2)22-13(20)21/h3-4,8,11H,5H2,1-2H3/t8-,11?/m0/s1. The lowest BCUT2D eigenvalue weighted by molar-refractivity contribution is -0.140. The first-order valence-corrected chi connectivity index (χ1v) is 6.79. The Morgan fingerprint density at radius 2 is 2.09 bits per heavy atom. The molecule has 8 heteroatoms. The van der Waals surface area contributed by atoms with E-state index < -0.39 is 30.8 Å². The summed E-state index contributed by atoms with van der Waals surface area (Å²) in [6, 6.07) is 3.48. The predicted molar refractivity (Wildman–Crippen MR) is 73.8 cm³/mol. The minimum Gasteiger partial charge on any atom is -0.444 e. The van der Waals surface area contributed by atoms with Crippen molar-refractivity contribution in [2.75, 3.05) is 4.90 Å². The summed E-state index contributed by atoms with van der Waals surface area (Å²) in [5, 5.41) is 9.02. The third kappa shape index (κ3) is 2.97. The first kappa shape index (κ1) is 16.4. The van der Waals surface area contributed by atoms with Gasteiger partial charge in [0.05, 0.1) is 28.7 Å². The van der Waals surface area contributed by atoms with Crippen molar-refractivity contribution in [1.82, 2.24) is 0 Å². The largest absolute Gasteiger partial charge is 0.444 e. The van der Waals surface area contributed by atoms with Gasteiger partial charge in [0, 0.05) is 0 Å². The van der Waals surface area contributed by atoms with Crippen molar-refractivity contribution >= 4 is 23.4 Å². The monoisotopic (exact) mass is 332 g/mol. The van der Waals surface area contributed by atoms with E-state index >= 15 is 0 Å². The Bertz CT molecular complexity index is 655. The molecule has 1 heterocycles. The average molecular weight is 333 g/mol. The van der Waals surface area contributed by atoms with Gasteiger partial charge in [0.1, 0.15) is 12.2 Å². The topological polar surface area (TPSA) is 53.3 Å². The highest BCUT2D eigenvalue weighted by molar-refractivity contribution is 6.33. The third-order valence-corrected chi connectivity index (χ3v) is 4.02. The number of alkyl halides is 3. The number of anilines is 1. The average Bonchev–Trinajstić information content (AvgIpc) is 2.66. The summed E-state index contributed by atoms with van der Waals surface area (Å²) in [5.74, 6) is 0. The quantitative estimate of drug-likeness (QED) is 0.816. The van der Waals surface area contributed by atoms with Crippen LogP contribution in [0.5, 0.6) is 0 Å². The Kier molecular flexibility index (Phi) is 4.25. The number of cyclic esters (lactones) is 1. The lowest BCUT2D eigenvalue weighted by Gasteiger charge is -2.26. The van der Waals surface area contributed by atoms with Crippen molar-refractivity contribution < 1.29 is 22.7 Å². The smallest absolute Gasteiger partial charge is 0.415 e. The molecule has 2 atom stereocenters. The van der Waals surface area contributed by atoms with Crippen molar-refractivity contribution in [3.05, 3.63) is 28.3 Å². The van der Waals surface area contributed by atoms with Crippen molar-refractivity contribution in [2.24, 2.45) is 0 Å². The van der Waals surface area contributed by atoms with Crippen LogP contribution in [0.1, 0.15) is 24.5 Å². The summed E-state index contributed by atoms with van der Waals surface area (Å²) < 4.78 is 43.1. The van der Waals surface area contributed by atoms with Crippen LogP contribution < -0.4 is 4.90 Å². The Morgan fingerprint density at radius 1 is 1.45 bits per heavy atom. The molecular formula is C14H12ClF3N2O2. The van der Waals surface area contributed by atoms with Gasteiger partial charge in [0.2, 0.25) is 0 Å². The summed E-state index contributed by atoms with van der Waals surface area (Å²) in [4.78, 5) is 12.9. The molecule has 0 aromatic heterocycles. The highest BCUT2D eigenvalue weighted by atomic mass is 35.5. The molecule has 1 aromatic rings. The van der Waals surface area contributed by atoms with Crippen LogP contribution in [0.15, 0.2) is 12.1 Å². The van der Waals surface area contributed by atoms with Crippen LogP contribution in [0.4, 0.5) is 23.7 Å². The summed E-state index contributed by atoms with van der Waals surface area (Å²) in [6.07, 6.45) is -7.37. The molecule has 0 aliphatic carbocycles. The van der Waals surface area contributed by atoms with E-state index in [2.05, 4.69) is 0 Å². The van der Waals surface area contributed by atoms with Gasteiger partial charge in [-0.15, -0.1) is 0 Å². The maximum absolute atomic E-state index is 12.7. The summed E-state index contributed by atoms with van der Waals surface area (Å²) in [5.41, 5.74) is 0.766. The molecule has 2 rings (SSSR count). The zero-order valence-electron chi connectivity index (χ0n) is 11.7. The normalized spacial score (nSPS) is 21.7. The van der Waals surface area contributed by atoms with Crippen molar-refractivity contribution in [2.45, 2.75) is 38.6 Å². The lowest BCUT2D eigenvalue weighted by Crippen LogP contribution is -2.39. The second-order valence-corrected chi connectivity index (χ2v) is 5.41. The summed E-state index contributed by atoms with van der Waals surface area (Å²) >= 11 is 6.02. The van der Waals surface area contributed by atoms with E-state index in [1.54, 1.807) is 6.92 Å². The molecule has 0 spiro atoms. The molecule has 118 valence electrons. The number of amides is 1. The SMILES string of the molecule is Cc1c(N2C(=O)O[C@@H](C)C2CC(F)(F)F)ccc(C#N)c1Cl. The Hall–Kier alpha value is -1.94. The van der Waals surface area contributed by atoms with Crippen LogP contribution in [-0.2, 0) is 4.74 Å². The zero-order chi connectivity index (χ0) is 16.7. The van der Waals surface area contributed by atoms with E-state index in [1.165, 1.54) is 19.1 Å². The molecule has 1 unspecified atom stereocenters. The Balaban J connectivity index is 2.47. The third-order valence-electron chi connectivity index (χ3n) is 3.54. The molecule has 0 bridgehead atoms. The summed E-state index contributed by atoms with van der Waals surface area (Å²) in [7, 11) is 0. The maximum atomic E-state index is 12.7. The van der Waals surface area contributed by atoms with Crippen LogP contribution in [0.2, 0.25) is 5.02 Å². The fourth-order valence-corrected chi connectivity index (χ4v) is 2.64. The van der Waals surface area contributed by atoms with E-state index in [0.717, 1.165) is 4.90 Å². The fourth-order valence-electron chi connectivity index (χ4n) is 2.43. The van der Waals surface area contributed by atoms with Crippen LogP contribution in [0.25, 0.3) is 0 Å². The molecule has 1 aromatic carbocycles. The molecule has 4 nitrogen and oxygen atoms in total. The van der Waals surface area contributed by atoms with Crippen LogP contribution in [0.3, 0.4) is 0 Å². The molecule has 1 amide bonds. The molecule has 1 saturated heterocycles. The maximum Gasteiger partial charge on any atom is 0.415 e. The molecule has 1 aliphatic heterocycles. The minimum atomic E-state index is -4.44. The molecule has 0 N–H and O–H groups in total. The highest BCUT2D eigenvalue weighted by Crippen LogP contribution is 2.38. The van der Waals surface area contributed by atoms with Gasteiger partial charge in [-0.1, -0.05) is 11.6 Å². The molecular weight excluding hydrogens is 321 g/mol. The summed E-state index contributed by atoms with van der Waals surface area (Å²) in [6.45, 7) is 2.95. The van der Waals surface area contributed by atoms with Crippen LogP contribution in [-0.4, -0.2) is 24.4 Å². The molecule has 0 radical (unpaired) electrons. The van der Waals surface area contributed by atoms with Gasteiger partial charge >= 0.3 is 12.3 Å². The van der Waals surface area contributed by atoms with Crippen molar-refractivity contribution in [3.63, 3.8) is 0 Å². The van der Waals surface area contributed by atoms with Gasteiger partial charge in [-0.05, 0) is 31.5 Å². The van der Waals surface area contributed by atoms with E-state index in [1.807, 2.05) is 6.07 Å². The van der Waals surface area contributed by atoms with E-state index in [0.29, 0.717) is 5.56 Å². The van der Waals surface area contributed by atoms with Crippen molar-refractivity contribution in [1.29, 1.82) is 5.26 Å². The minimum absolute atomic E-state index is 0.109. The second-order valence-electron chi connectivity index (χ2n) is 5.03. The number of rotatable bonds is 2. The second kappa shape index (κ2) is 5.69. The van der Waals surface area contributed by atoms with Gasteiger partial charge < -0.3 is 4.74 Å². The number of carbonyl (C=O) groups is 1. The Morgan fingerprint density at radius 3 is 2.64 bits per heavy atom. The molecule has 22 heavy (non-hydrogen) atoms. The number of nitrogens with zero attached hydrogens (tertiary/aromatic N) is 2. The van der Waals surface area contributed by atoms with Gasteiger partial charge in [-0.2, -0.15) is 18.4 Å². The van der Waals surface area contributed by atoms with Gasteiger partial charge in [0.25, 0.3) is 0 Å². The van der Waals surface area contributed by atoms with E-state index in [4.69, 9.17) is 21.6 Å². The Labute approximate surface area is 130 Å². The predicted octanol–water partition coefficient (Wildman–Crippen LogP) is 4.19.